The van der Waals surface area contributed by atoms with Gasteiger partial charge in [0, 0.05) is 28.3 Å². The fraction of sp³-hybridized carbons (Fsp3) is 0.227. The summed E-state index contributed by atoms with van der Waals surface area (Å²) in [5.41, 5.74) is 0.630. The third-order valence-electron chi connectivity index (χ3n) is 4.94. The van der Waals surface area contributed by atoms with E-state index in [1.807, 2.05) is 6.08 Å². The van der Waals surface area contributed by atoms with Crippen molar-refractivity contribution >= 4 is 40.8 Å². The van der Waals surface area contributed by atoms with Gasteiger partial charge in [0.25, 0.3) is 5.69 Å². The fourth-order valence-corrected chi connectivity index (χ4v) is 4.15. The van der Waals surface area contributed by atoms with Gasteiger partial charge in [0.15, 0.2) is 5.78 Å². The number of carboxylic acid groups (broad SMARTS) is 1. The zero-order valence-electron chi connectivity index (χ0n) is 16.4. The molecule has 0 aliphatic heterocycles. The predicted molar refractivity (Wildman–Crippen MR) is 116 cm³/mol. The molecule has 0 radical (unpaired) electrons. The van der Waals surface area contributed by atoms with Crippen LogP contribution in [0.15, 0.2) is 65.6 Å². The second-order valence-electron chi connectivity index (χ2n) is 7.03. The average molecular weight is 440 g/mol. The van der Waals surface area contributed by atoms with Crippen molar-refractivity contribution in [3.63, 3.8) is 0 Å². The minimum Gasteiger partial charge on any atom is -0.481 e. The minimum absolute atomic E-state index is 0.0765. The van der Waals surface area contributed by atoms with E-state index in [0.717, 1.165) is 4.90 Å². The van der Waals surface area contributed by atoms with Crippen LogP contribution in [0, 0.1) is 22.0 Å². The van der Waals surface area contributed by atoms with Crippen molar-refractivity contribution in [3.8, 4) is 0 Å². The number of benzene rings is 2. The standard InChI is InChI=1S/C22H20N2O6S/c25-20(14-5-3-7-16(11-14)24(29)30)13-31-17-8-4-6-15(12-17)23-21(26)18-9-1-2-10-19(18)22(27)28/h1-8,11-12,18-19H,9-10,13H2,(H,23,26)(H,27,28). The third kappa shape index (κ3) is 5.79. The number of nitrogens with zero attached hydrogens (tertiary/aromatic N) is 1. The number of carbonyl (C=O) groups is 3. The molecule has 160 valence electrons. The quantitative estimate of drug-likeness (QED) is 0.207. The zero-order valence-corrected chi connectivity index (χ0v) is 17.2. The maximum atomic E-state index is 12.6. The highest BCUT2D eigenvalue weighted by Gasteiger charge is 2.33. The van der Waals surface area contributed by atoms with Gasteiger partial charge in [0.1, 0.15) is 0 Å². The lowest BCUT2D eigenvalue weighted by Crippen LogP contribution is -2.34. The van der Waals surface area contributed by atoms with Crippen LogP contribution in [0.3, 0.4) is 0 Å². The van der Waals surface area contributed by atoms with Crippen LogP contribution in [-0.4, -0.2) is 33.4 Å². The molecule has 31 heavy (non-hydrogen) atoms. The number of ketones is 1. The Bertz CT molecular complexity index is 1050. The Kier molecular flexibility index (Phi) is 7.19. The molecule has 0 fully saturated rings. The normalized spacial score (nSPS) is 17.7. The summed E-state index contributed by atoms with van der Waals surface area (Å²) >= 11 is 1.24. The van der Waals surface area contributed by atoms with E-state index in [2.05, 4.69) is 5.32 Å². The molecule has 0 saturated heterocycles. The number of allylic oxidation sites excluding steroid dienone is 2. The molecule has 0 spiro atoms. The summed E-state index contributed by atoms with van der Waals surface area (Å²) in [6.45, 7) is 0. The molecule has 2 unspecified atom stereocenters. The fourth-order valence-electron chi connectivity index (χ4n) is 3.30. The van der Waals surface area contributed by atoms with Gasteiger partial charge < -0.3 is 10.4 Å². The van der Waals surface area contributed by atoms with Crippen LogP contribution in [0.5, 0.6) is 0 Å². The van der Waals surface area contributed by atoms with Crippen LogP contribution in [-0.2, 0) is 9.59 Å². The van der Waals surface area contributed by atoms with E-state index in [4.69, 9.17) is 0 Å². The maximum Gasteiger partial charge on any atom is 0.307 e. The number of hydrogen-bond acceptors (Lipinski definition) is 6. The molecule has 0 bridgehead atoms. The summed E-state index contributed by atoms with van der Waals surface area (Å²) < 4.78 is 0. The smallest absolute Gasteiger partial charge is 0.307 e. The van der Waals surface area contributed by atoms with Crippen molar-refractivity contribution in [2.75, 3.05) is 11.1 Å². The number of thioether (sulfide) groups is 1. The number of rotatable bonds is 8. The van der Waals surface area contributed by atoms with E-state index in [9.17, 15) is 29.6 Å². The first-order valence-corrected chi connectivity index (χ1v) is 10.5. The number of nitrogens with one attached hydrogen (secondary N) is 1. The monoisotopic (exact) mass is 440 g/mol. The van der Waals surface area contributed by atoms with Gasteiger partial charge in [-0.05, 0) is 31.0 Å². The Labute approximate surface area is 182 Å². The first-order chi connectivity index (χ1) is 14.8. The van der Waals surface area contributed by atoms with Gasteiger partial charge in [0.05, 0.1) is 22.5 Å². The third-order valence-corrected chi connectivity index (χ3v) is 5.93. The topological polar surface area (TPSA) is 127 Å². The molecule has 1 aliphatic carbocycles. The van der Waals surface area contributed by atoms with Crippen LogP contribution in [0.2, 0.25) is 0 Å². The summed E-state index contributed by atoms with van der Waals surface area (Å²) in [7, 11) is 0. The Morgan fingerprint density at radius 3 is 2.48 bits per heavy atom. The number of hydrogen-bond donors (Lipinski definition) is 2. The molecule has 0 aromatic heterocycles. The number of carboxylic acids is 1. The molecule has 3 rings (SSSR count). The molecule has 9 heteroatoms. The van der Waals surface area contributed by atoms with Crippen molar-refractivity contribution in [3.05, 3.63) is 76.4 Å². The second kappa shape index (κ2) is 10.0. The second-order valence-corrected chi connectivity index (χ2v) is 8.08. The SMILES string of the molecule is O=C(CSc1cccc(NC(=O)C2CC=CCC2C(=O)O)c1)c1cccc([N+](=O)[O-])c1. The number of Topliss-reactive ketones (excluding diaryl/α,β-unsaturated/α-hetero) is 1. The van der Waals surface area contributed by atoms with Crippen LogP contribution in [0.4, 0.5) is 11.4 Å². The summed E-state index contributed by atoms with van der Waals surface area (Å²) in [5, 5.41) is 23.0. The summed E-state index contributed by atoms with van der Waals surface area (Å²) in [6.07, 6.45) is 4.28. The van der Waals surface area contributed by atoms with E-state index in [1.54, 1.807) is 30.3 Å². The molecule has 2 N–H and O–H groups in total. The number of amides is 1. The Morgan fingerprint density at radius 1 is 1.06 bits per heavy atom. The number of non-ortho nitro benzene ring substituents is 1. The van der Waals surface area contributed by atoms with Crippen molar-refractivity contribution in [2.24, 2.45) is 11.8 Å². The Balaban J connectivity index is 1.62. The highest BCUT2D eigenvalue weighted by molar-refractivity contribution is 8.00. The van der Waals surface area contributed by atoms with E-state index < -0.39 is 22.7 Å². The van der Waals surface area contributed by atoms with Crippen molar-refractivity contribution in [2.45, 2.75) is 17.7 Å². The lowest BCUT2D eigenvalue weighted by Gasteiger charge is -2.24. The van der Waals surface area contributed by atoms with Gasteiger partial charge in [0.2, 0.25) is 5.91 Å². The first kappa shape index (κ1) is 22.2. The van der Waals surface area contributed by atoms with Gasteiger partial charge >= 0.3 is 5.97 Å². The van der Waals surface area contributed by atoms with Gasteiger partial charge in [-0.3, -0.25) is 24.5 Å². The lowest BCUT2D eigenvalue weighted by molar-refractivity contribution is -0.384. The maximum absolute atomic E-state index is 12.6. The van der Waals surface area contributed by atoms with E-state index >= 15 is 0 Å². The number of aliphatic carboxylic acids is 1. The largest absolute Gasteiger partial charge is 0.481 e. The first-order valence-electron chi connectivity index (χ1n) is 9.54. The highest BCUT2D eigenvalue weighted by Crippen LogP contribution is 2.28. The molecule has 8 nitrogen and oxygen atoms in total. The van der Waals surface area contributed by atoms with Gasteiger partial charge in [-0.25, -0.2) is 0 Å². The summed E-state index contributed by atoms with van der Waals surface area (Å²) in [5.74, 6) is -2.92. The van der Waals surface area contributed by atoms with E-state index in [1.165, 1.54) is 36.0 Å². The van der Waals surface area contributed by atoms with Crippen molar-refractivity contribution in [1.82, 2.24) is 0 Å². The molecule has 0 heterocycles. The molecule has 2 atom stereocenters. The van der Waals surface area contributed by atoms with E-state index in [-0.39, 0.29) is 28.7 Å². The molecule has 0 saturated carbocycles. The molecule has 1 aliphatic rings. The minimum atomic E-state index is -0.992. The van der Waals surface area contributed by atoms with E-state index in [0.29, 0.717) is 18.5 Å². The molecule has 2 aromatic rings. The van der Waals surface area contributed by atoms with Crippen LogP contribution < -0.4 is 5.32 Å². The summed E-state index contributed by atoms with van der Waals surface area (Å²) in [6, 6.07) is 12.5. The molecule has 1 amide bonds. The number of anilines is 1. The van der Waals surface area contributed by atoms with Gasteiger partial charge in [-0.1, -0.05) is 30.4 Å². The van der Waals surface area contributed by atoms with Gasteiger partial charge in [-0.2, -0.15) is 0 Å². The van der Waals surface area contributed by atoms with Crippen LogP contribution in [0.25, 0.3) is 0 Å². The molecule has 2 aromatic carbocycles. The molecular weight excluding hydrogens is 420 g/mol. The highest BCUT2D eigenvalue weighted by atomic mass is 32.2. The Hall–Kier alpha value is -3.46. The summed E-state index contributed by atoms with van der Waals surface area (Å²) in [4.78, 5) is 47.5. The zero-order chi connectivity index (χ0) is 22.4. The van der Waals surface area contributed by atoms with Gasteiger partial charge in [-0.15, -0.1) is 11.8 Å². The average Bonchev–Trinajstić information content (AvgIpc) is 2.77. The predicted octanol–water partition coefficient (Wildman–Crippen LogP) is 4.18. The number of nitro groups is 1. The Morgan fingerprint density at radius 2 is 1.77 bits per heavy atom. The van der Waals surface area contributed by atoms with Crippen LogP contribution in [0.1, 0.15) is 23.2 Å². The van der Waals surface area contributed by atoms with Crippen molar-refractivity contribution < 1.29 is 24.4 Å². The lowest BCUT2D eigenvalue weighted by atomic mass is 9.82. The number of carbonyl (C=O) groups excluding carboxylic acids is 2. The molecular formula is C22H20N2O6S. The van der Waals surface area contributed by atoms with Crippen LogP contribution >= 0.6 is 11.8 Å². The van der Waals surface area contributed by atoms with Crippen molar-refractivity contribution in [1.29, 1.82) is 0 Å². The number of nitro benzene ring substituents is 1.